The first kappa shape index (κ1) is 27.6. The molecule has 0 unspecified atom stereocenters. The van der Waals surface area contributed by atoms with Gasteiger partial charge in [0.2, 0.25) is 5.88 Å². The SMILES string of the molecule is O=P(O)(O)ON(CCc1ccc(Oc2ccc(C(F)(F)F)cn2)cc1)c1ncnc(CCI)c1Cl. The first-order chi connectivity index (χ1) is 16.5. The number of ether oxygens (including phenoxy) is 1. The number of hydroxylamine groups is 1. The molecular formula is C20H18ClF3IN4O5P. The van der Waals surface area contributed by atoms with E-state index >= 15 is 0 Å². The third-order valence-electron chi connectivity index (χ3n) is 4.43. The standard InChI is InChI=1S/C20H18ClF3IN4O5P/c21-18-16(7-9-25)27-12-28-19(18)29(34-35(30,31)32)10-8-13-1-4-15(5-2-13)33-17-6-3-14(11-26-17)20(22,23)24/h1-6,11-12H,7-10H2,(H2,30,31,32). The number of aromatic nitrogens is 3. The zero-order valence-electron chi connectivity index (χ0n) is 17.7. The fourth-order valence-electron chi connectivity index (χ4n) is 2.83. The van der Waals surface area contributed by atoms with Crippen molar-refractivity contribution in [1.29, 1.82) is 0 Å². The van der Waals surface area contributed by atoms with Crippen molar-refractivity contribution in [1.82, 2.24) is 15.0 Å². The van der Waals surface area contributed by atoms with Gasteiger partial charge >= 0.3 is 14.0 Å². The Morgan fingerprint density at radius 2 is 1.77 bits per heavy atom. The van der Waals surface area contributed by atoms with E-state index in [0.717, 1.165) is 27.2 Å². The molecule has 0 atom stereocenters. The van der Waals surface area contributed by atoms with Gasteiger partial charge in [-0.25, -0.2) is 24.6 Å². The molecule has 0 amide bonds. The van der Waals surface area contributed by atoms with Gasteiger partial charge in [-0.3, -0.25) is 0 Å². The summed E-state index contributed by atoms with van der Waals surface area (Å²) in [6, 6.07) is 8.51. The lowest BCUT2D eigenvalue weighted by Gasteiger charge is -2.24. The summed E-state index contributed by atoms with van der Waals surface area (Å²) in [6.07, 6.45) is -1.75. The second-order valence-electron chi connectivity index (χ2n) is 6.95. The molecule has 1 aromatic carbocycles. The number of aryl methyl sites for hydroxylation is 1. The van der Waals surface area contributed by atoms with Crippen LogP contribution in [0.5, 0.6) is 11.6 Å². The molecule has 188 valence electrons. The van der Waals surface area contributed by atoms with Crippen LogP contribution in [0.3, 0.4) is 0 Å². The summed E-state index contributed by atoms with van der Waals surface area (Å²) in [4.78, 5) is 30.4. The van der Waals surface area contributed by atoms with E-state index in [1.54, 1.807) is 24.3 Å². The molecule has 0 aliphatic carbocycles. The normalized spacial score (nSPS) is 12.0. The van der Waals surface area contributed by atoms with Crippen molar-refractivity contribution in [2.75, 3.05) is 16.0 Å². The van der Waals surface area contributed by atoms with Crippen LogP contribution in [0.25, 0.3) is 0 Å². The van der Waals surface area contributed by atoms with E-state index < -0.39 is 19.6 Å². The second kappa shape index (κ2) is 11.8. The van der Waals surface area contributed by atoms with Gasteiger partial charge in [0.15, 0.2) is 5.82 Å². The Bertz CT molecular complexity index is 1180. The summed E-state index contributed by atoms with van der Waals surface area (Å²) >= 11 is 8.49. The van der Waals surface area contributed by atoms with Crippen LogP contribution in [0, 0.1) is 0 Å². The highest BCUT2D eigenvalue weighted by Crippen LogP contribution is 2.40. The highest BCUT2D eigenvalue weighted by Gasteiger charge is 2.30. The molecular weight excluding hydrogens is 627 g/mol. The Labute approximate surface area is 216 Å². The Kier molecular flexibility index (Phi) is 9.29. The van der Waals surface area contributed by atoms with Gasteiger partial charge in [0.25, 0.3) is 0 Å². The van der Waals surface area contributed by atoms with E-state index in [2.05, 4.69) is 37.5 Å². The summed E-state index contributed by atoms with van der Waals surface area (Å²) in [5.74, 6) is 0.359. The number of anilines is 1. The first-order valence-electron chi connectivity index (χ1n) is 9.84. The number of benzene rings is 1. The highest BCUT2D eigenvalue weighted by atomic mass is 127. The maximum atomic E-state index is 12.6. The zero-order chi connectivity index (χ0) is 25.6. The zero-order valence-corrected chi connectivity index (χ0v) is 21.5. The molecule has 2 aromatic heterocycles. The number of nitrogens with zero attached hydrogens (tertiary/aromatic N) is 4. The summed E-state index contributed by atoms with van der Waals surface area (Å²) in [5, 5.41) is 1.06. The van der Waals surface area contributed by atoms with Crippen LogP contribution in [0.1, 0.15) is 16.8 Å². The van der Waals surface area contributed by atoms with Gasteiger partial charge in [-0.05, 0) is 30.2 Å². The molecule has 0 radical (unpaired) electrons. The molecule has 2 heterocycles. The van der Waals surface area contributed by atoms with Crippen molar-refractivity contribution >= 4 is 47.8 Å². The van der Waals surface area contributed by atoms with E-state index in [4.69, 9.17) is 21.0 Å². The lowest BCUT2D eigenvalue weighted by molar-refractivity contribution is -0.137. The number of hydrogen-bond donors (Lipinski definition) is 2. The van der Waals surface area contributed by atoms with Gasteiger partial charge in [0.1, 0.15) is 17.1 Å². The van der Waals surface area contributed by atoms with Gasteiger partial charge in [-0.1, -0.05) is 46.3 Å². The Balaban J connectivity index is 1.69. The van der Waals surface area contributed by atoms with Gasteiger partial charge < -0.3 is 14.5 Å². The fraction of sp³-hybridized carbons (Fsp3) is 0.250. The smallest absolute Gasteiger partial charge is 0.439 e. The average Bonchev–Trinajstić information content (AvgIpc) is 2.78. The van der Waals surface area contributed by atoms with Gasteiger partial charge in [-0.2, -0.15) is 17.8 Å². The molecule has 3 rings (SSSR count). The number of hydrogen-bond acceptors (Lipinski definition) is 7. The molecule has 0 spiro atoms. The highest BCUT2D eigenvalue weighted by molar-refractivity contribution is 14.1. The van der Waals surface area contributed by atoms with E-state index in [9.17, 15) is 27.5 Å². The minimum Gasteiger partial charge on any atom is -0.439 e. The minimum absolute atomic E-state index is 0.00678. The molecule has 0 saturated heterocycles. The second-order valence-corrected chi connectivity index (χ2v) is 9.55. The summed E-state index contributed by atoms with van der Waals surface area (Å²) < 4.78 is 60.4. The Hall–Kier alpha value is -2.03. The molecule has 3 aromatic rings. The lowest BCUT2D eigenvalue weighted by atomic mass is 10.1. The predicted octanol–water partition coefficient (Wildman–Crippen LogP) is 5.39. The van der Waals surface area contributed by atoms with Crippen molar-refractivity contribution in [3.63, 3.8) is 0 Å². The Morgan fingerprint density at radius 3 is 2.34 bits per heavy atom. The first-order valence-corrected chi connectivity index (χ1v) is 13.3. The molecule has 0 saturated carbocycles. The molecule has 0 bridgehead atoms. The van der Waals surface area contributed by atoms with Gasteiger partial charge in [0.05, 0.1) is 17.8 Å². The van der Waals surface area contributed by atoms with E-state index in [1.165, 1.54) is 6.33 Å². The maximum absolute atomic E-state index is 12.6. The van der Waals surface area contributed by atoms with Crippen LogP contribution in [-0.2, 0) is 28.2 Å². The predicted molar refractivity (Wildman–Crippen MR) is 130 cm³/mol. The van der Waals surface area contributed by atoms with Gasteiger partial charge in [-0.15, -0.1) is 0 Å². The molecule has 0 aliphatic heterocycles. The minimum atomic E-state index is -4.91. The number of alkyl halides is 4. The fourth-order valence-corrected chi connectivity index (χ4v) is 4.04. The van der Waals surface area contributed by atoms with E-state index in [1.807, 2.05) is 0 Å². The number of rotatable bonds is 10. The maximum Gasteiger partial charge on any atom is 0.491 e. The summed E-state index contributed by atoms with van der Waals surface area (Å²) in [5.41, 5.74) is 0.381. The molecule has 0 fully saturated rings. The third kappa shape index (κ3) is 8.26. The van der Waals surface area contributed by atoms with Crippen molar-refractivity contribution in [3.05, 3.63) is 70.8 Å². The number of pyridine rings is 1. The van der Waals surface area contributed by atoms with Crippen LogP contribution < -0.4 is 9.80 Å². The van der Waals surface area contributed by atoms with E-state index in [0.29, 0.717) is 24.1 Å². The lowest BCUT2D eigenvalue weighted by Crippen LogP contribution is -2.26. The van der Waals surface area contributed by atoms with Crippen LogP contribution in [0.4, 0.5) is 19.0 Å². The third-order valence-corrected chi connectivity index (χ3v) is 5.77. The van der Waals surface area contributed by atoms with Crippen molar-refractivity contribution in [3.8, 4) is 11.6 Å². The largest absolute Gasteiger partial charge is 0.491 e. The monoisotopic (exact) mass is 644 g/mol. The summed E-state index contributed by atoms with van der Waals surface area (Å²) in [7, 11) is -4.91. The van der Waals surface area contributed by atoms with Crippen LogP contribution in [0.15, 0.2) is 48.9 Å². The molecule has 35 heavy (non-hydrogen) atoms. The quantitative estimate of drug-likeness (QED) is 0.130. The Morgan fingerprint density at radius 1 is 1.06 bits per heavy atom. The van der Waals surface area contributed by atoms with Gasteiger partial charge in [0, 0.05) is 23.1 Å². The average molecular weight is 645 g/mol. The molecule has 0 aliphatic rings. The van der Waals surface area contributed by atoms with Crippen molar-refractivity contribution in [2.45, 2.75) is 19.0 Å². The molecule has 2 N–H and O–H groups in total. The van der Waals surface area contributed by atoms with Crippen LogP contribution >= 0.6 is 42.0 Å². The van der Waals surface area contributed by atoms with E-state index in [-0.39, 0.29) is 29.7 Å². The molecule has 9 nitrogen and oxygen atoms in total. The topological polar surface area (TPSA) is 118 Å². The van der Waals surface area contributed by atoms with Crippen LogP contribution in [-0.4, -0.2) is 35.7 Å². The van der Waals surface area contributed by atoms with Crippen molar-refractivity contribution < 1.29 is 36.9 Å². The number of phosphoric acid groups is 1. The van der Waals surface area contributed by atoms with Crippen molar-refractivity contribution in [2.24, 2.45) is 0 Å². The number of halogens is 5. The summed E-state index contributed by atoms with van der Waals surface area (Å²) in [6.45, 7) is -0.00776. The van der Waals surface area contributed by atoms with Crippen LogP contribution in [0.2, 0.25) is 5.02 Å². The molecule has 15 heteroatoms.